The summed E-state index contributed by atoms with van der Waals surface area (Å²) in [5.74, 6) is 0.562. The minimum Gasteiger partial charge on any atom is -0.408 e. The van der Waals surface area contributed by atoms with Crippen LogP contribution >= 0.6 is 0 Å². The number of fused-ring (bicyclic) bond motifs is 1. The van der Waals surface area contributed by atoms with E-state index in [1.807, 2.05) is 24.3 Å². The number of aromatic nitrogens is 1. The highest BCUT2D eigenvalue weighted by Gasteiger charge is 2.13. The van der Waals surface area contributed by atoms with Gasteiger partial charge in [-0.2, -0.15) is 0 Å². The van der Waals surface area contributed by atoms with Crippen molar-refractivity contribution in [2.24, 2.45) is 5.92 Å². The second-order valence-electron chi connectivity index (χ2n) is 5.70. The van der Waals surface area contributed by atoms with E-state index in [-0.39, 0.29) is 5.76 Å². The maximum Gasteiger partial charge on any atom is 0.419 e. The molecule has 1 heterocycles. The Hall–Kier alpha value is -1.55. The standard InChI is InChI=1S/C16H22N2O2/c19-16-18(14-8-4-5-9-15(14)20-16)11-10-17-12-13-6-2-1-3-7-13/h4-5,8-9,13,17H,1-3,6-7,10-12H2. The van der Waals surface area contributed by atoms with Crippen LogP contribution in [-0.4, -0.2) is 17.7 Å². The molecule has 1 aromatic carbocycles. The van der Waals surface area contributed by atoms with Crippen molar-refractivity contribution in [3.8, 4) is 0 Å². The number of nitrogens with zero attached hydrogens (tertiary/aromatic N) is 1. The Morgan fingerprint density at radius 2 is 2.00 bits per heavy atom. The SMILES string of the molecule is O=c1oc2ccccc2n1CCNCC1CCCCC1. The Morgan fingerprint density at radius 3 is 2.85 bits per heavy atom. The van der Waals surface area contributed by atoms with Crippen LogP contribution in [0.1, 0.15) is 32.1 Å². The van der Waals surface area contributed by atoms with Crippen molar-refractivity contribution >= 4 is 11.1 Å². The van der Waals surface area contributed by atoms with Crippen LogP contribution in [0.2, 0.25) is 0 Å². The molecule has 0 radical (unpaired) electrons. The van der Waals surface area contributed by atoms with E-state index in [1.54, 1.807) is 4.57 Å². The molecule has 4 nitrogen and oxygen atoms in total. The van der Waals surface area contributed by atoms with E-state index in [0.29, 0.717) is 12.1 Å². The summed E-state index contributed by atoms with van der Waals surface area (Å²) in [6.07, 6.45) is 6.84. The third-order valence-electron chi connectivity index (χ3n) is 4.24. The molecule has 2 aromatic rings. The van der Waals surface area contributed by atoms with Gasteiger partial charge in [0.1, 0.15) is 0 Å². The molecule has 0 amide bonds. The van der Waals surface area contributed by atoms with Crippen molar-refractivity contribution in [3.05, 3.63) is 34.8 Å². The van der Waals surface area contributed by atoms with Crippen LogP contribution in [0, 0.1) is 5.92 Å². The maximum absolute atomic E-state index is 11.8. The van der Waals surface area contributed by atoms with Gasteiger partial charge in [-0.15, -0.1) is 0 Å². The van der Waals surface area contributed by atoms with Gasteiger partial charge in [-0.1, -0.05) is 31.4 Å². The lowest BCUT2D eigenvalue weighted by atomic mass is 9.89. The minimum atomic E-state index is -0.259. The molecule has 1 aliphatic carbocycles. The van der Waals surface area contributed by atoms with Crippen LogP contribution in [0.3, 0.4) is 0 Å². The van der Waals surface area contributed by atoms with Gasteiger partial charge in [-0.05, 0) is 37.4 Å². The minimum absolute atomic E-state index is 0.259. The molecule has 0 atom stereocenters. The molecule has 1 saturated carbocycles. The third kappa shape index (κ3) is 2.96. The molecule has 0 spiro atoms. The predicted octanol–water partition coefficient (Wildman–Crippen LogP) is 2.76. The lowest BCUT2D eigenvalue weighted by Gasteiger charge is -2.21. The summed E-state index contributed by atoms with van der Waals surface area (Å²) in [6.45, 7) is 2.56. The summed E-state index contributed by atoms with van der Waals surface area (Å²) < 4.78 is 6.94. The first-order chi connectivity index (χ1) is 9.84. The fourth-order valence-electron chi connectivity index (χ4n) is 3.11. The fourth-order valence-corrected chi connectivity index (χ4v) is 3.11. The zero-order valence-corrected chi connectivity index (χ0v) is 11.8. The first-order valence-electron chi connectivity index (χ1n) is 7.64. The molecule has 1 aliphatic rings. The summed E-state index contributed by atoms with van der Waals surface area (Å²) in [5.41, 5.74) is 1.56. The highest BCUT2D eigenvalue weighted by atomic mass is 16.4. The molecule has 3 rings (SSSR count). The lowest BCUT2D eigenvalue weighted by Crippen LogP contribution is -2.29. The summed E-state index contributed by atoms with van der Waals surface area (Å²) in [7, 11) is 0. The van der Waals surface area contributed by atoms with E-state index in [0.717, 1.165) is 24.5 Å². The van der Waals surface area contributed by atoms with Gasteiger partial charge in [0.05, 0.1) is 5.52 Å². The number of benzene rings is 1. The quantitative estimate of drug-likeness (QED) is 0.853. The van der Waals surface area contributed by atoms with Gasteiger partial charge < -0.3 is 9.73 Å². The molecule has 1 aromatic heterocycles. The Kier molecular flexibility index (Phi) is 4.21. The zero-order valence-electron chi connectivity index (χ0n) is 11.8. The first kappa shape index (κ1) is 13.4. The number of hydrogen-bond donors (Lipinski definition) is 1. The molecule has 20 heavy (non-hydrogen) atoms. The topological polar surface area (TPSA) is 47.2 Å². The third-order valence-corrected chi connectivity index (χ3v) is 4.24. The molecular formula is C16H22N2O2. The number of para-hydroxylation sites is 2. The highest BCUT2D eigenvalue weighted by molar-refractivity contribution is 5.72. The van der Waals surface area contributed by atoms with Crippen molar-refractivity contribution < 1.29 is 4.42 Å². The second kappa shape index (κ2) is 6.27. The Morgan fingerprint density at radius 1 is 1.20 bits per heavy atom. The van der Waals surface area contributed by atoms with Crippen LogP contribution in [-0.2, 0) is 6.54 Å². The fraction of sp³-hybridized carbons (Fsp3) is 0.562. The van der Waals surface area contributed by atoms with Crippen LogP contribution in [0.25, 0.3) is 11.1 Å². The van der Waals surface area contributed by atoms with Crippen molar-refractivity contribution in [1.82, 2.24) is 9.88 Å². The Labute approximate surface area is 118 Å². The average Bonchev–Trinajstić information content (AvgIpc) is 2.80. The molecular weight excluding hydrogens is 252 g/mol. The number of nitrogens with one attached hydrogen (secondary N) is 1. The van der Waals surface area contributed by atoms with Gasteiger partial charge in [-0.25, -0.2) is 4.79 Å². The average molecular weight is 274 g/mol. The van der Waals surface area contributed by atoms with Gasteiger partial charge in [0.2, 0.25) is 0 Å². The zero-order chi connectivity index (χ0) is 13.8. The summed E-state index contributed by atoms with van der Waals surface area (Å²) in [5, 5.41) is 3.48. The van der Waals surface area contributed by atoms with E-state index in [1.165, 1.54) is 32.1 Å². The Bertz CT molecular complexity index is 608. The lowest BCUT2D eigenvalue weighted by molar-refractivity contribution is 0.340. The van der Waals surface area contributed by atoms with E-state index in [9.17, 15) is 4.79 Å². The number of hydrogen-bond acceptors (Lipinski definition) is 3. The van der Waals surface area contributed by atoms with E-state index in [2.05, 4.69) is 5.32 Å². The molecule has 0 bridgehead atoms. The summed E-state index contributed by atoms with van der Waals surface area (Å²) in [6, 6.07) is 7.59. The van der Waals surface area contributed by atoms with Crippen LogP contribution in [0.5, 0.6) is 0 Å². The summed E-state index contributed by atoms with van der Waals surface area (Å²) in [4.78, 5) is 11.8. The highest BCUT2D eigenvalue weighted by Crippen LogP contribution is 2.22. The van der Waals surface area contributed by atoms with Crippen LogP contribution in [0.15, 0.2) is 33.5 Å². The monoisotopic (exact) mass is 274 g/mol. The second-order valence-corrected chi connectivity index (χ2v) is 5.70. The van der Waals surface area contributed by atoms with Crippen LogP contribution < -0.4 is 11.1 Å². The smallest absolute Gasteiger partial charge is 0.408 e. The molecule has 1 fully saturated rings. The van der Waals surface area contributed by atoms with Crippen molar-refractivity contribution in [2.45, 2.75) is 38.6 Å². The van der Waals surface area contributed by atoms with Gasteiger partial charge in [-0.3, -0.25) is 4.57 Å². The van der Waals surface area contributed by atoms with Crippen molar-refractivity contribution in [2.75, 3.05) is 13.1 Å². The predicted molar refractivity (Wildman–Crippen MR) is 79.9 cm³/mol. The molecule has 0 aliphatic heterocycles. The van der Waals surface area contributed by atoms with E-state index < -0.39 is 0 Å². The van der Waals surface area contributed by atoms with Crippen LogP contribution in [0.4, 0.5) is 0 Å². The van der Waals surface area contributed by atoms with Gasteiger partial charge in [0.25, 0.3) is 0 Å². The maximum atomic E-state index is 11.8. The van der Waals surface area contributed by atoms with Gasteiger partial charge >= 0.3 is 5.76 Å². The van der Waals surface area contributed by atoms with Gasteiger partial charge in [0, 0.05) is 13.1 Å². The van der Waals surface area contributed by atoms with Crippen molar-refractivity contribution in [1.29, 1.82) is 0 Å². The normalized spacial score (nSPS) is 16.8. The van der Waals surface area contributed by atoms with E-state index in [4.69, 9.17) is 4.42 Å². The molecule has 1 N–H and O–H groups in total. The van der Waals surface area contributed by atoms with E-state index >= 15 is 0 Å². The Balaban J connectivity index is 1.54. The summed E-state index contributed by atoms with van der Waals surface area (Å²) >= 11 is 0. The molecule has 4 heteroatoms. The number of oxazole rings is 1. The molecule has 0 unspecified atom stereocenters. The first-order valence-corrected chi connectivity index (χ1v) is 7.64. The largest absolute Gasteiger partial charge is 0.419 e. The molecule has 0 saturated heterocycles. The molecule has 108 valence electrons. The van der Waals surface area contributed by atoms with Crippen molar-refractivity contribution in [3.63, 3.8) is 0 Å². The number of rotatable bonds is 5. The van der Waals surface area contributed by atoms with Gasteiger partial charge in [0.15, 0.2) is 5.58 Å².